The molecule has 160 valence electrons. The van der Waals surface area contributed by atoms with E-state index in [9.17, 15) is 18.0 Å². The molecule has 30 heavy (non-hydrogen) atoms. The highest BCUT2D eigenvalue weighted by molar-refractivity contribution is 5.91. The summed E-state index contributed by atoms with van der Waals surface area (Å²) in [5.41, 5.74) is 5.65. The zero-order chi connectivity index (χ0) is 20.6. The number of hydrogen-bond acceptors (Lipinski definition) is 6. The van der Waals surface area contributed by atoms with E-state index in [0.717, 1.165) is 25.0 Å². The maximum Gasteiger partial charge on any atom is 0.416 e. The van der Waals surface area contributed by atoms with Crippen molar-refractivity contribution in [2.75, 3.05) is 23.3 Å². The molecule has 3 heterocycles. The van der Waals surface area contributed by atoms with Crippen LogP contribution in [-0.2, 0) is 6.18 Å². The summed E-state index contributed by atoms with van der Waals surface area (Å²) in [5.74, 6) is 0.686. The van der Waals surface area contributed by atoms with Crippen molar-refractivity contribution in [3.63, 3.8) is 0 Å². The molecule has 0 unspecified atom stereocenters. The summed E-state index contributed by atoms with van der Waals surface area (Å²) in [6.45, 7) is 1.38. The van der Waals surface area contributed by atoms with E-state index in [1.807, 2.05) is 4.90 Å². The highest BCUT2D eigenvalue weighted by atomic mass is 35.5. The van der Waals surface area contributed by atoms with E-state index in [1.54, 1.807) is 6.07 Å². The van der Waals surface area contributed by atoms with Gasteiger partial charge in [-0.05, 0) is 43.2 Å². The molecule has 1 aliphatic rings. The third-order valence-corrected chi connectivity index (χ3v) is 4.91. The number of benzene rings is 1. The maximum atomic E-state index is 12.8. The maximum absolute atomic E-state index is 12.8. The second-order valence-corrected chi connectivity index (χ2v) is 6.96. The Labute approximate surface area is 175 Å². The first-order chi connectivity index (χ1) is 13.8. The molecule has 1 saturated heterocycles. The zero-order valence-corrected chi connectivity index (χ0v) is 16.6. The normalized spacial score (nSPS) is 15.1. The summed E-state index contributed by atoms with van der Waals surface area (Å²) >= 11 is 0. The number of pyridine rings is 1. The first-order valence-corrected chi connectivity index (χ1v) is 9.15. The fraction of sp³-hybridized carbons (Fsp3) is 0.316. The second-order valence-electron chi connectivity index (χ2n) is 6.96. The van der Waals surface area contributed by atoms with Gasteiger partial charge in [0.1, 0.15) is 11.2 Å². The van der Waals surface area contributed by atoms with Gasteiger partial charge >= 0.3 is 6.18 Å². The molecule has 0 aliphatic carbocycles. The minimum Gasteiger partial charge on any atom is -0.341 e. The van der Waals surface area contributed by atoms with E-state index in [1.165, 1.54) is 18.3 Å². The number of alkyl halides is 3. The van der Waals surface area contributed by atoms with Crippen molar-refractivity contribution in [3.8, 4) is 0 Å². The molecule has 0 amide bonds. The van der Waals surface area contributed by atoms with Crippen LogP contribution in [0.2, 0.25) is 0 Å². The number of fused-ring (bicyclic) bond motifs is 1. The molecule has 1 aromatic carbocycles. The smallest absolute Gasteiger partial charge is 0.341 e. The molecule has 0 atom stereocenters. The molecular formula is C19H20ClF3N6O. The van der Waals surface area contributed by atoms with Crippen molar-refractivity contribution in [2.24, 2.45) is 5.73 Å². The zero-order valence-electron chi connectivity index (χ0n) is 15.7. The van der Waals surface area contributed by atoms with Crippen LogP contribution in [-0.4, -0.2) is 34.1 Å². The highest BCUT2D eigenvalue weighted by Crippen LogP contribution is 2.31. The number of nitrogens with one attached hydrogen (secondary N) is 2. The van der Waals surface area contributed by atoms with Crippen LogP contribution in [0.15, 0.2) is 41.3 Å². The summed E-state index contributed by atoms with van der Waals surface area (Å²) < 4.78 is 38.4. The minimum absolute atomic E-state index is 0. The van der Waals surface area contributed by atoms with Crippen molar-refractivity contribution in [1.29, 1.82) is 0 Å². The van der Waals surface area contributed by atoms with E-state index in [-0.39, 0.29) is 35.2 Å². The average molecular weight is 441 g/mol. The van der Waals surface area contributed by atoms with E-state index in [4.69, 9.17) is 5.73 Å². The molecule has 11 heteroatoms. The van der Waals surface area contributed by atoms with Crippen LogP contribution >= 0.6 is 12.4 Å². The summed E-state index contributed by atoms with van der Waals surface area (Å²) in [4.78, 5) is 25.9. The summed E-state index contributed by atoms with van der Waals surface area (Å²) in [5, 5.41) is 3.21. The SMILES string of the molecule is Cl.NC1CCN(c2nc(Nc3ccc(C(F)(F)F)cc3)c3c(=O)[nH]ccc3n2)CC1. The van der Waals surface area contributed by atoms with Gasteiger partial charge in [0.25, 0.3) is 5.56 Å². The van der Waals surface area contributed by atoms with Gasteiger partial charge in [-0.3, -0.25) is 4.79 Å². The number of H-pyrrole nitrogens is 1. The Bertz CT molecular complexity index is 1080. The molecule has 2 aromatic heterocycles. The van der Waals surface area contributed by atoms with Gasteiger partial charge in [-0.2, -0.15) is 18.2 Å². The third-order valence-electron chi connectivity index (χ3n) is 4.91. The molecule has 3 aromatic rings. The van der Waals surface area contributed by atoms with Gasteiger partial charge in [0.2, 0.25) is 5.95 Å². The number of piperidine rings is 1. The Morgan fingerprint density at radius 3 is 2.40 bits per heavy atom. The lowest BCUT2D eigenvalue weighted by Crippen LogP contribution is -2.40. The van der Waals surface area contributed by atoms with E-state index < -0.39 is 11.7 Å². The van der Waals surface area contributed by atoms with Gasteiger partial charge in [-0.25, -0.2) is 4.98 Å². The van der Waals surface area contributed by atoms with Crippen molar-refractivity contribution in [1.82, 2.24) is 15.0 Å². The summed E-state index contributed by atoms with van der Waals surface area (Å²) in [6, 6.07) is 6.35. The monoisotopic (exact) mass is 440 g/mol. The number of aromatic amines is 1. The number of halogens is 4. The number of rotatable bonds is 3. The van der Waals surface area contributed by atoms with Crippen LogP contribution in [0.25, 0.3) is 10.9 Å². The Kier molecular flexibility index (Phi) is 6.18. The van der Waals surface area contributed by atoms with Crippen LogP contribution in [0.5, 0.6) is 0 Å². The largest absolute Gasteiger partial charge is 0.416 e. The quantitative estimate of drug-likeness (QED) is 0.577. The third kappa shape index (κ3) is 4.49. The van der Waals surface area contributed by atoms with Crippen LogP contribution in [0, 0.1) is 0 Å². The van der Waals surface area contributed by atoms with Crippen LogP contribution in [0.1, 0.15) is 18.4 Å². The molecule has 4 rings (SSSR count). The molecule has 1 aliphatic heterocycles. The van der Waals surface area contributed by atoms with Crippen LogP contribution in [0.3, 0.4) is 0 Å². The van der Waals surface area contributed by atoms with Gasteiger partial charge in [-0.15, -0.1) is 12.4 Å². The van der Waals surface area contributed by atoms with Gasteiger partial charge in [0, 0.05) is 31.0 Å². The van der Waals surface area contributed by atoms with Gasteiger partial charge < -0.3 is 20.9 Å². The topological polar surface area (TPSA) is 99.9 Å². The number of aromatic nitrogens is 3. The molecule has 0 bridgehead atoms. The lowest BCUT2D eigenvalue weighted by Gasteiger charge is -2.30. The van der Waals surface area contributed by atoms with Crippen molar-refractivity contribution in [2.45, 2.75) is 25.1 Å². The van der Waals surface area contributed by atoms with Crippen molar-refractivity contribution >= 4 is 40.8 Å². The summed E-state index contributed by atoms with van der Waals surface area (Å²) in [7, 11) is 0. The Balaban J connectivity index is 0.00000256. The van der Waals surface area contributed by atoms with Crippen molar-refractivity contribution in [3.05, 3.63) is 52.4 Å². The Hall–Kier alpha value is -2.85. The second kappa shape index (κ2) is 8.49. The van der Waals surface area contributed by atoms with Gasteiger partial charge in [0.15, 0.2) is 0 Å². The molecule has 7 nitrogen and oxygen atoms in total. The first-order valence-electron chi connectivity index (χ1n) is 9.15. The van der Waals surface area contributed by atoms with Crippen LogP contribution in [0.4, 0.5) is 30.6 Å². The lowest BCUT2D eigenvalue weighted by molar-refractivity contribution is -0.137. The van der Waals surface area contributed by atoms with Crippen LogP contribution < -0.4 is 21.5 Å². The molecule has 1 fully saturated rings. The Morgan fingerprint density at radius 2 is 1.77 bits per heavy atom. The molecule has 0 spiro atoms. The van der Waals surface area contributed by atoms with E-state index >= 15 is 0 Å². The van der Waals surface area contributed by atoms with E-state index in [2.05, 4.69) is 20.3 Å². The molecule has 4 N–H and O–H groups in total. The van der Waals surface area contributed by atoms with Gasteiger partial charge in [-0.1, -0.05) is 0 Å². The van der Waals surface area contributed by atoms with Crippen molar-refractivity contribution < 1.29 is 13.2 Å². The average Bonchev–Trinajstić information content (AvgIpc) is 2.68. The number of nitrogens with two attached hydrogens (primary N) is 1. The molecule has 0 saturated carbocycles. The lowest BCUT2D eigenvalue weighted by atomic mass is 10.1. The summed E-state index contributed by atoms with van der Waals surface area (Å²) in [6.07, 6.45) is -1.31. The van der Waals surface area contributed by atoms with E-state index in [0.29, 0.717) is 30.2 Å². The number of hydrogen-bond donors (Lipinski definition) is 3. The molecule has 0 radical (unpaired) electrons. The standard InChI is InChI=1S/C19H19F3N6O.ClH/c20-19(21,22)11-1-3-13(4-2-11)25-16-15-14(5-8-24-17(15)29)26-18(27-16)28-9-6-12(23)7-10-28;/h1-5,8,12H,6-7,9-10,23H2,(H,24,29)(H,25,26,27);1H. The minimum atomic E-state index is -4.42. The fourth-order valence-electron chi connectivity index (χ4n) is 3.29. The predicted octanol–water partition coefficient (Wildman–Crippen LogP) is 3.43. The first kappa shape index (κ1) is 21.8. The number of anilines is 3. The highest BCUT2D eigenvalue weighted by Gasteiger charge is 2.30. The number of nitrogens with zero attached hydrogens (tertiary/aromatic N) is 3. The predicted molar refractivity (Wildman–Crippen MR) is 112 cm³/mol. The molecular weight excluding hydrogens is 421 g/mol. The fourth-order valence-corrected chi connectivity index (χ4v) is 3.29. The Morgan fingerprint density at radius 1 is 1.10 bits per heavy atom. The van der Waals surface area contributed by atoms with Gasteiger partial charge in [0.05, 0.1) is 11.1 Å².